The summed E-state index contributed by atoms with van der Waals surface area (Å²) in [4.78, 5) is 23.1. The van der Waals surface area contributed by atoms with Crippen LogP contribution in [0.3, 0.4) is 0 Å². The van der Waals surface area contributed by atoms with E-state index in [1.807, 2.05) is 6.07 Å². The molecule has 0 radical (unpaired) electrons. The SMILES string of the molecule is COc1ccc(Cl)cc1NC(=O)/C(C#N)=C\NCc1ccc(C(=O)O)cc1. The van der Waals surface area contributed by atoms with Crippen molar-refractivity contribution in [3.05, 3.63) is 70.4 Å². The molecule has 2 aromatic carbocycles. The largest absolute Gasteiger partial charge is 0.495 e. The molecule has 0 heterocycles. The molecule has 2 aromatic rings. The number of nitrogens with zero attached hydrogens (tertiary/aromatic N) is 1. The van der Waals surface area contributed by atoms with Crippen molar-refractivity contribution in [1.29, 1.82) is 5.26 Å². The molecule has 0 aliphatic heterocycles. The number of nitriles is 1. The Balaban J connectivity index is 2.03. The molecule has 27 heavy (non-hydrogen) atoms. The number of carbonyl (C=O) groups is 2. The number of halogens is 1. The Morgan fingerprint density at radius 1 is 1.26 bits per heavy atom. The van der Waals surface area contributed by atoms with Gasteiger partial charge in [-0.1, -0.05) is 23.7 Å². The van der Waals surface area contributed by atoms with Crippen molar-refractivity contribution in [2.45, 2.75) is 6.54 Å². The Labute approximate surface area is 160 Å². The number of anilines is 1. The number of carboxylic acids is 1. The first kappa shape index (κ1) is 19.8. The van der Waals surface area contributed by atoms with E-state index in [0.717, 1.165) is 5.56 Å². The second-order valence-corrected chi connectivity index (χ2v) is 5.79. The maximum Gasteiger partial charge on any atom is 0.335 e. The Kier molecular flexibility index (Phi) is 6.80. The lowest BCUT2D eigenvalue weighted by atomic mass is 10.1. The molecule has 0 aromatic heterocycles. The van der Waals surface area contributed by atoms with Crippen LogP contribution in [0.15, 0.2) is 54.2 Å². The minimum Gasteiger partial charge on any atom is -0.495 e. The number of carboxylic acid groups (broad SMARTS) is 1. The van der Waals surface area contributed by atoms with Crippen LogP contribution in [0.1, 0.15) is 15.9 Å². The molecule has 0 fully saturated rings. The third kappa shape index (κ3) is 5.49. The summed E-state index contributed by atoms with van der Waals surface area (Å²) < 4.78 is 5.15. The minimum atomic E-state index is -1.01. The fourth-order valence-electron chi connectivity index (χ4n) is 2.15. The van der Waals surface area contributed by atoms with E-state index in [2.05, 4.69) is 10.6 Å². The molecule has 1 amide bonds. The molecule has 2 rings (SSSR count). The molecule has 0 saturated heterocycles. The molecule has 0 aliphatic rings. The van der Waals surface area contributed by atoms with E-state index in [9.17, 15) is 14.9 Å². The molecule has 3 N–H and O–H groups in total. The van der Waals surface area contributed by atoms with Crippen LogP contribution in [-0.4, -0.2) is 24.1 Å². The van der Waals surface area contributed by atoms with Gasteiger partial charge < -0.3 is 20.5 Å². The Morgan fingerprint density at radius 2 is 1.96 bits per heavy atom. The first-order valence-corrected chi connectivity index (χ1v) is 8.13. The number of carbonyl (C=O) groups excluding carboxylic acids is 1. The number of ether oxygens (including phenoxy) is 1. The van der Waals surface area contributed by atoms with Crippen LogP contribution in [0.4, 0.5) is 5.69 Å². The molecule has 0 atom stereocenters. The summed E-state index contributed by atoms with van der Waals surface area (Å²) >= 11 is 5.92. The van der Waals surface area contributed by atoms with E-state index >= 15 is 0 Å². The van der Waals surface area contributed by atoms with E-state index < -0.39 is 11.9 Å². The molecule has 0 spiro atoms. The van der Waals surface area contributed by atoms with Gasteiger partial charge in [0.15, 0.2) is 0 Å². The lowest BCUT2D eigenvalue weighted by Gasteiger charge is -2.10. The van der Waals surface area contributed by atoms with Gasteiger partial charge in [-0.2, -0.15) is 5.26 Å². The summed E-state index contributed by atoms with van der Waals surface area (Å²) in [6.45, 7) is 0.318. The lowest BCUT2D eigenvalue weighted by Crippen LogP contribution is -2.17. The van der Waals surface area contributed by atoms with Crippen LogP contribution < -0.4 is 15.4 Å². The average Bonchev–Trinajstić information content (AvgIpc) is 2.65. The van der Waals surface area contributed by atoms with Gasteiger partial charge in [0.2, 0.25) is 0 Å². The average molecular weight is 386 g/mol. The van der Waals surface area contributed by atoms with Crippen molar-refractivity contribution in [1.82, 2.24) is 5.32 Å². The van der Waals surface area contributed by atoms with Crippen molar-refractivity contribution in [3.8, 4) is 11.8 Å². The van der Waals surface area contributed by atoms with Crippen molar-refractivity contribution in [2.75, 3.05) is 12.4 Å². The minimum absolute atomic E-state index is 0.140. The molecule has 0 aliphatic carbocycles. The Morgan fingerprint density at radius 3 is 2.56 bits per heavy atom. The lowest BCUT2D eigenvalue weighted by molar-refractivity contribution is -0.112. The fraction of sp³-hybridized carbons (Fsp3) is 0.105. The van der Waals surface area contributed by atoms with Crippen molar-refractivity contribution in [2.24, 2.45) is 0 Å². The van der Waals surface area contributed by atoms with E-state index in [0.29, 0.717) is 23.0 Å². The quantitative estimate of drug-likeness (QED) is 0.498. The number of aromatic carboxylic acids is 1. The number of benzene rings is 2. The standard InChI is InChI=1S/C19H16ClN3O4/c1-27-17-7-6-15(20)8-16(17)23-18(24)14(9-21)11-22-10-12-2-4-13(5-3-12)19(25)26/h2-8,11,22H,10H2,1H3,(H,23,24)(H,25,26)/b14-11-. The highest BCUT2D eigenvalue weighted by molar-refractivity contribution is 6.31. The molecular weight excluding hydrogens is 370 g/mol. The smallest absolute Gasteiger partial charge is 0.335 e. The third-order valence-electron chi connectivity index (χ3n) is 3.53. The van der Waals surface area contributed by atoms with Crippen LogP contribution >= 0.6 is 11.6 Å². The number of hydrogen-bond donors (Lipinski definition) is 3. The normalized spacial score (nSPS) is 10.6. The monoisotopic (exact) mass is 385 g/mol. The molecule has 0 unspecified atom stereocenters. The van der Waals surface area contributed by atoms with Gasteiger partial charge in [-0.15, -0.1) is 0 Å². The summed E-state index contributed by atoms with van der Waals surface area (Å²) in [6.07, 6.45) is 1.29. The summed E-state index contributed by atoms with van der Waals surface area (Å²) in [5, 5.41) is 23.9. The van der Waals surface area contributed by atoms with Crippen molar-refractivity contribution >= 4 is 29.2 Å². The van der Waals surface area contributed by atoms with Crippen LogP contribution in [0.2, 0.25) is 5.02 Å². The number of nitrogens with one attached hydrogen (secondary N) is 2. The zero-order chi connectivity index (χ0) is 19.8. The predicted octanol–water partition coefficient (Wildman–Crippen LogP) is 3.18. The summed E-state index contributed by atoms with van der Waals surface area (Å²) in [5.74, 6) is -1.21. The van der Waals surface area contributed by atoms with Crippen LogP contribution in [0, 0.1) is 11.3 Å². The highest BCUT2D eigenvalue weighted by Crippen LogP contribution is 2.27. The second-order valence-electron chi connectivity index (χ2n) is 5.35. The Bertz CT molecular complexity index is 918. The number of methoxy groups -OCH3 is 1. The van der Waals surface area contributed by atoms with Crippen LogP contribution in [0.5, 0.6) is 5.75 Å². The van der Waals surface area contributed by atoms with Crippen molar-refractivity contribution < 1.29 is 19.4 Å². The molecule has 138 valence electrons. The van der Waals surface area contributed by atoms with Crippen LogP contribution in [-0.2, 0) is 11.3 Å². The summed E-state index contributed by atoms with van der Waals surface area (Å²) in [7, 11) is 1.46. The van der Waals surface area contributed by atoms with E-state index in [4.69, 9.17) is 21.4 Å². The van der Waals surface area contributed by atoms with Gasteiger partial charge in [0, 0.05) is 17.8 Å². The maximum absolute atomic E-state index is 12.3. The number of amides is 1. The first-order valence-electron chi connectivity index (χ1n) is 7.75. The molecule has 8 heteroatoms. The van der Waals surface area contributed by atoms with Gasteiger partial charge in [0.1, 0.15) is 17.4 Å². The zero-order valence-corrected chi connectivity index (χ0v) is 15.1. The summed E-state index contributed by atoms with van der Waals surface area (Å²) in [6, 6.07) is 12.8. The topological polar surface area (TPSA) is 111 Å². The van der Waals surface area contributed by atoms with Gasteiger partial charge in [0.05, 0.1) is 18.4 Å². The molecule has 7 nitrogen and oxygen atoms in total. The molecular formula is C19H16ClN3O4. The number of hydrogen-bond acceptors (Lipinski definition) is 5. The van der Waals surface area contributed by atoms with Gasteiger partial charge >= 0.3 is 5.97 Å². The Hall–Kier alpha value is -3.50. The van der Waals surface area contributed by atoms with Gasteiger partial charge in [-0.05, 0) is 35.9 Å². The van der Waals surface area contributed by atoms with Crippen LogP contribution in [0.25, 0.3) is 0 Å². The highest BCUT2D eigenvalue weighted by Gasteiger charge is 2.12. The predicted molar refractivity (Wildman–Crippen MR) is 101 cm³/mol. The first-order chi connectivity index (χ1) is 12.9. The fourth-order valence-corrected chi connectivity index (χ4v) is 2.32. The second kappa shape index (κ2) is 9.27. The van der Waals surface area contributed by atoms with Gasteiger partial charge in [-0.25, -0.2) is 4.79 Å². The molecule has 0 bridgehead atoms. The maximum atomic E-state index is 12.3. The van der Waals surface area contributed by atoms with Gasteiger partial charge in [-0.3, -0.25) is 4.79 Å². The third-order valence-corrected chi connectivity index (χ3v) is 3.76. The number of rotatable bonds is 7. The van der Waals surface area contributed by atoms with E-state index in [1.54, 1.807) is 24.3 Å². The zero-order valence-electron chi connectivity index (χ0n) is 14.3. The van der Waals surface area contributed by atoms with Gasteiger partial charge in [0.25, 0.3) is 5.91 Å². The summed E-state index contributed by atoms with van der Waals surface area (Å²) in [5.41, 5.74) is 1.19. The molecule has 0 saturated carbocycles. The van der Waals surface area contributed by atoms with E-state index in [1.165, 1.54) is 31.5 Å². The van der Waals surface area contributed by atoms with Crippen molar-refractivity contribution in [3.63, 3.8) is 0 Å². The highest BCUT2D eigenvalue weighted by atomic mass is 35.5. The van der Waals surface area contributed by atoms with E-state index in [-0.39, 0.29) is 11.1 Å².